The lowest BCUT2D eigenvalue weighted by Crippen LogP contribution is -2.23. The van der Waals surface area contributed by atoms with Crippen molar-refractivity contribution in [1.82, 2.24) is 4.98 Å². The Hall–Kier alpha value is -2.36. The van der Waals surface area contributed by atoms with Gasteiger partial charge in [0.25, 0.3) is 0 Å². The van der Waals surface area contributed by atoms with Gasteiger partial charge in [-0.25, -0.2) is 4.98 Å². The van der Waals surface area contributed by atoms with Gasteiger partial charge in [0, 0.05) is 25.8 Å². The highest BCUT2D eigenvalue weighted by atomic mass is 35.5. The summed E-state index contributed by atoms with van der Waals surface area (Å²) in [5.41, 5.74) is 9.05. The molecule has 1 aromatic heterocycles. The average Bonchev–Trinajstić information content (AvgIpc) is 2.63. The Kier molecular flexibility index (Phi) is 5.47. The van der Waals surface area contributed by atoms with Gasteiger partial charge in [-0.15, -0.1) is 0 Å². The molecule has 3 aromatic rings. The maximum Gasteiger partial charge on any atom is 0.147 e. The summed E-state index contributed by atoms with van der Waals surface area (Å²) in [5.74, 6) is 0.779. The van der Waals surface area contributed by atoms with E-state index in [1.165, 1.54) is 11.1 Å². The molecule has 0 aliphatic heterocycles. The molecule has 0 bridgehead atoms. The van der Waals surface area contributed by atoms with E-state index in [2.05, 4.69) is 34.1 Å². The van der Waals surface area contributed by atoms with Gasteiger partial charge < -0.3 is 10.6 Å². The van der Waals surface area contributed by atoms with E-state index in [9.17, 15) is 0 Å². The number of pyridine rings is 1. The Morgan fingerprint density at radius 2 is 1.38 bits per heavy atom. The molecule has 4 heteroatoms. The lowest BCUT2D eigenvalue weighted by Gasteiger charge is -2.25. The third-order valence-electron chi connectivity index (χ3n) is 3.85. The number of halogens is 1. The Bertz CT molecular complexity index is 734. The fourth-order valence-corrected chi connectivity index (χ4v) is 2.94. The number of nitrogens with two attached hydrogens (primary N) is 1. The molecule has 0 saturated heterocycles. The molecule has 3 rings (SSSR count). The molecule has 122 valence electrons. The molecule has 0 fully saturated rings. The van der Waals surface area contributed by atoms with Crippen LogP contribution in [0, 0.1) is 0 Å². The fourth-order valence-electron chi connectivity index (χ4n) is 2.63. The van der Waals surface area contributed by atoms with Crippen LogP contribution in [0.25, 0.3) is 0 Å². The second kappa shape index (κ2) is 7.95. The largest absolute Gasteiger partial charge is 0.347 e. The minimum absolute atomic E-state index is 0.435. The van der Waals surface area contributed by atoms with Gasteiger partial charge in [-0.05, 0) is 22.8 Å². The first kappa shape index (κ1) is 16.5. The molecule has 0 spiro atoms. The molecule has 0 unspecified atom stereocenters. The van der Waals surface area contributed by atoms with Gasteiger partial charge >= 0.3 is 0 Å². The number of rotatable bonds is 6. The van der Waals surface area contributed by atoms with E-state index in [1.54, 1.807) is 6.20 Å². The van der Waals surface area contributed by atoms with Crippen molar-refractivity contribution in [1.29, 1.82) is 0 Å². The smallest absolute Gasteiger partial charge is 0.147 e. The van der Waals surface area contributed by atoms with Crippen LogP contribution in [0.15, 0.2) is 72.9 Å². The summed E-state index contributed by atoms with van der Waals surface area (Å²) in [7, 11) is 0. The average molecular weight is 338 g/mol. The molecule has 3 nitrogen and oxygen atoms in total. The van der Waals surface area contributed by atoms with E-state index in [1.807, 2.05) is 42.5 Å². The van der Waals surface area contributed by atoms with Crippen molar-refractivity contribution in [3.63, 3.8) is 0 Å². The van der Waals surface area contributed by atoms with Crippen LogP contribution in [-0.4, -0.2) is 4.98 Å². The standard InChI is InChI=1S/C20H20ClN3/c21-19-11-18(12-22)13-23-20(19)24(14-16-7-3-1-4-8-16)15-17-9-5-2-6-10-17/h1-11,13H,12,14-15,22H2. The number of aromatic nitrogens is 1. The molecule has 0 saturated carbocycles. The summed E-state index contributed by atoms with van der Waals surface area (Å²) in [6.45, 7) is 1.92. The third kappa shape index (κ3) is 4.13. The van der Waals surface area contributed by atoms with Crippen molar-refractivity contribution in [3.05, 3.63) is 94.6 Å². The maximum absolute atomic E-state index is 6.48. The van der Waals surface area contributed by atoms with Crippen LogP contribution in [0.4, 0.5) is 5.82 Å². The van der Waals surface area contributed by atoms with Crippen molar-refractivity contribution >= 4 is 17.4 Å². The summed E-state index contributed by atoms with van der Waals surface area (Å²) in [6.07, 6.45) is 1.80. The monoisotopic (exact) mass is 337 g/mol. The summed E-state index contributed by atoms with van der Waals surface area (Å²) in [5, 5.41) is 0.629. The molecule has 2 N–H and O–H groups in total. The normalized spacial score (nSPS) is 10.6. The molecule has 24 heavy (non-hydrogen) atoms. The van der Waals surface area contributed by atoms with Crippen LogP contribution in [0.2, 0.25) is 5.02 Å². The van der Waals surface area contributed by atoms with Crippen molar-refractivity contribution < 1.29 is 0 Å². The SMILES string of the molecule is NCc1cnc(N(Cc2ccccc2)Cc2ccccc2)c(Cl)c1. The highest BCUT2D eigenvalue weighted by Gasteiger charge is 2.14. The van der Waals surface area contributed by atoms with Crippen LogP contribution in [0.3, 0.4) is 0 Å². The molecular weight excluding hydrogens is 318 g/mol. The van der Waals surface area contributed by atoms with Gasteiger partial charge in [0.05, 0.1) is 5.02 Å². The second-order valence-electron chi connectivity index (χ2n) is 5.68. The molecule has 1 heterocycles. The Morgan fingerprint density at radius 1 is 0.833 bits per heavy atom. The minimum Gasteiger partial charge on any atom is -0.347 e. The van der Waals surface area contributed by atoms with E-state index in [0.29, 0.717) is 11.6 Å². The van der Waals surface area contributed by atoms with E-state index in [-0.39, 0.29) is 0 Å². The zero-order chi connectivity index (χ0) is 16.8. The third-order valence-corrected chi connectivity index (χ3v) is 4.12. The number of hydrogen-bond acceptors (Lipinski definition) is 3. The van der Waals surface area contributed by atoms with Crippen molar-refractivity contribution in [2.24, 2.45) is 5.73 Å². The summed E-state index contributed by atoms with van der Waals surface area (Å²) in [6, 6.07) is 22.6. The van der Waals surface area contributed by atoms with Crippen molar-refractivity contribution in [2.75, 3.05) is 4.90 Å². The first-order chi connectivity index (χ1) is 11.8. The molecule has 0 radical (unpaired) electrons. The Balaban J connectivity index is 1.92. The van der Waals surface area contributed by atoms with E-state index < -0.39 is 0 Å². The van der Waals surface area contributed by atoms with Crippen LogP contribution < -0.4 is 10.6 Å². The zero-order valence-electron chi connectivity index (χ0n) is 13.4. The molecule has 2 aromatic carbocycles. The van der Waals surface area contributed by atoms with Gasteiger partial charge in [0.2, 0.25) is 0 Å². The predicted octanol–water partition coefficient (Wildman–Crippen LogP) is 4.40. The number of nitrogens with zero attached hydrogens (tertiary/aromatic N) is 2. The van der Waals surface area contributed by atoms with Crippen LogP contribution in [-0.2, 0) is 19.6 Å². The lowest BCUT2D eigenvalue weighted by atomic mass is 10.1. The van der Waals surface area contributed by atoms with Crippen LogP contribution >= 0.6 is 11.6 Å². The fraction of sp³-hybridized carbons (Fsp3) is 0.150. The summed E-state index contributed by atoms with van der Waals surface area (Å²) >= 11 is 6.48. The van der Waals surface area contributed by atoms with E-state index in [4.69, 9.17) is 17.3 Å². The van der Waals surface area contributed by atoms with Gasteiger partial charge in [-0.3, -0.25) is 0 Å². The highest BCUT2D eigenvalue weighted by molar-refractivity contribution is 6.33. The topological polar surface area (TPSA) is 42.1 Å². The highest BCUT2D eigenvalue weighted by Crippen LogP contribution is 2.27. The first-order valence-corrected chi connectivity index (χ1v) is 8.31. The maximum atomic E-state index is 6.48. The van der Waals surface area contributed by atoms with Gasteiger partial charge in [0.1, 0.15) is 5.82 Å². The lowest BCUT2D eigenvalue weighted by molar-refractivity contribution is 0.782. The van der Waals surface area contributed by atoms with Crippen LogP contribution in [0.5, 0.6) is 0 Å². The quantitative estimate of drug-likeness (QED) is 0.725. The first-order valence-electron chi connectivity index (χ1n) is 7.93. The second-order valence-corrected chi connectivity index (χ2v) is 6.09. The summed E-state index contributed by atoms with van der Waals surface area (Å²) < 4.78 is 0. The molecule has 0 atom stereocenters. The van der Waals surface area contributed by atoms with Crippen molar-refractivity contribution in [2.45, 2.75) is 19.6 Å². The van der Waals surface area contributed by atoms with Gasteiger partial charge in [-0.2, -0.15) is 0 Å². The van der Waals surface area contributed by atoms with Gasteiger partial charge in [0.15, 0.2) is 0 Å². The predicted molar refractivity (Wildman–Crippen MR) is 99.9 cm³/mol. The van der Waals surface area contributed by atoms with Crippen LogP contribution in [0.1, 0.15) is 16.7 Å². The number of anilines is 1. The molecule has 0 amide bonds. The minimum atomic E-state index is 0.435. The molecule has 0 aliphatic rings. The molecular formula is C20H20ClN3. The molecule has 0 aliphatic carbocycles. The Labute approximate surface area is 147 Å². The summed E-state index contributed by atoms with van der Waals surface area (Å²) in [4.78, 5) is 6.74. The van der Waals surface area contributed by atoms with Gasteiger partial charge in [-0.1, -0.05) is 72.3 Å². The Morgan fingerprint density at radius 3 is 1.83 bits per heavy atom. The zero-order valence-corrected chi connectivity index (χ0v) is 14.2. The van der Waals surface area contributed by atoms with Crippen molar-refractivity contribution in [3.8, 4) is 0 Å². The van der Waals surface area contributed by atoms with E-state index >= 15 is 0 Å². The number of hydrogen-bond donors (Lipinski definition) is 1. The number of benzene rings is 2. The van der Waals surface area contributed by atoms with E-state index in [0.717, 1.165) is 24.5 Å².